The Labute approximate surface area is 136 Å². The first-order chi connectivity index (χ1) is 9.71. The molecule has 4 heteroatoms. The number of amides is 1. The van der Waals surface area contributed by atoms with E-state index in [1.165, 1.54) is 51.4 Å². The number of halogens is 1. The van der Waals surface area contributed by atoms with Crippen molar-refractivity contribution in [2.75, 3.05) is 6.54 Å². The Kier molecular flexibility index (Phi) is 8.65. The van der Waals surface area contributed by atoms with Gasteiger partial charge in [-0.3, -0.25) is 4.79 Å². The van der Waals surface area contributed by atoms with Crippen molar-refractivity contribution in [1.29, 1.82) is 0 Å². The largest absolute Gasteiger partial charge is 0.356 e. The number of carbonyl (C=O) groups is 1. The second kappa shape index (κ2) is 9.68. The van der Waals surface area contributed by atoms with E-state index in [2.05, 4.69) is 24.5 Å². The molecule has 0 spiro atoms. The zero-order valence-corrected chi connectivity index (χ0v) is 14.5. The molecule has 2 fully saturated rings. The number of nitrogens with one attached hydrogen (secondary N) is 2. The van der Waals surface area contributed by atoms with Crippen LogP contribution in [0.25, 0.3) is 0 Å². The summed E-state index contributed by atoms with van der Waals surface area (Å²) in [6.07, 6.45) is 10.8. The quantitative estimate of drug-likeness (QED) is 0.717. The average molecular weight is 317 g/mol. The van der Waals surface area contributed by atoms with E-state index in [0.29, 0.717) is 23.9 Å². The van der Waals surface area contributed by atoms with Gasteiger partial charge >= 0.3 is 0 Å². The molecule has 3 nitrogen and oxygen atoms in total. The lowest BCUT2D eigenvalue weighted by Crippen LogP contribution is -2.40. The molecule has 124 valence electrons. The molecule has 1 amide bonds. The van der Waals surface area contributed by atoms with Crippen LogP contribution in [-0.2, 0) is 4.79 Å². The molecular weight excluding hydrogens is 284 g/mol. The Morgan fingerprint density at radius 2 is 1.90 bits per heavy atom. The van der Waals surface area contributed by atoms with Crippen LogP contribution < -0.4 is 10.6 Å². The molecule has 0 radical (unpaired) electrons. The fourth-order valence-corrected chi connectivity index (χ4v) is 3.88. The predicted octanol–water partition coefficient (Wildman–Crippen LogP) is 3.66. The second-order valence-corrected chi connectivity index (χ2v) is 6.90. The number of unbranched alkanes of at least 4 members (excludes halogenated alkanes) is 1. The summed E-state index contributed by atoms with van der Waals surface area (Å²) in [5.74, 6) is 1.57. The fourth-order valence-electron chi connectivity index (χ4n) is 3.88. The van der Waals surface area contributed by atoms with Gasteiger partial charge in [-0.25, -0.2) is 0 Å². The Hall–Kier alpha value is -0.280. The number of hydrogen-bond donors (Lipinski definition) is 2. The van der Waals surface area contributed by atoms with E-state index in [1.54, 1.807) is 0 Å². The average Bonchev–Trinajstić information content (AvgIpc) is 2.78. The van der Waals surface area contributed by atoms with Crippen LogP contribution in [0.5, 0.6) is 0 Å². The van der Waals surface area contributed by atoms with Crippen molar-refractivity contribution in [3.8, 4) is 0 Å². The molecule has 2 heterocycles. The van der Waals surface area contributed by atoms with Crippen molar-refractivity contribution in [3.05, 3.63) is 0 Å². The van der Waals surface area contributed by atoms with Gasteiger partial charge in [-0.2, -0.15) is 0 Å². The molecule has 0 aromatic rings. The SMILES string of the molecule is CCCCC(CC)CNC(=O)CC1CC2CCC(C1)N2.Cl. The summed E-state index contributed by atoms with van der Waals surface area (Å²) in [5, 5.41) is 6.82. The third-order valence-corrected chi connectivity index (χ3v) is 5.18. The minimum absolute atomic E-state index is 0. The van der Waals surface area contributed by atoms with E-state index >= 15 is 0 Å². The summed E-state index contributed by atoms with van der Waals surface area (Å²) in [7, 11) is 0. The monoisotopic (exact) mass is 316 g/mol. The standard InChI is InChI=1S/C17H32N2O.ClH/c1-3-5-6-13(4-2)12-18-17(20)11-14-9-15-7-8-16(10-14)19-15;/h13-16,19H,3-12H2,1-2H3,(H,18,20);1H. The maximum absolute atomic E-state index is 12.1. The molecule has 2 saturated heterocycles. The van der Waals surface area contributed by atoms with Crippen LogP contribution >= 0.6 is 12.4 Å². The van der Waals surface area contributed by atoms with Crippen LogP contribution in [-0.4, -0.2) is 24.5 Å². The number of rotatable bonds is 8. The minimum atomic E-state index is 0. The van der Waals surface area contributed by atoms with Crippen molar-refractivity contribution in [2.24, 2.45) is 11.8 Å². The summed E-state index contributed by atoms with van der Waals surface area (Å²) in [6.45, 7) is 5.35. The lowest BCUT2D eigenvalue weighted by atomic mass is 9.89. The van der Waals surface area contributed by atoms with Gasteiger partial charge in [0.15, 0.2) is 0 Å². The highest BCUT2D eigenvalue weighted by Crippen LogP contribution is 2.32. The molecule has 0 saturated carbocycles. The smallest absolute Gasteiger partial charge is 0.220 e. The molecule has 2 aliphatic heterocycles. The van der Waals surface area contributed by atoms with Gasteiger partial charge in [-0.15, -0.1) is 12.4 Å². The van der Waals surface area contributed by atoms with E-state index in [-0.39, 0.29) is 18.3 Å². The summed E-state index contributed by atoms with van der Waals surface area (Å²) < 4.78 is 0. The summed E-state index contributed by atoms with van der Waals surface area (Å²) >= 11 is 0. The van der Waals surface area contributed by atoms with Crippen LogP contribution in [0.1, 0.15) is 71.6 Å². The first kappa shape index (κ1) is 18.8. The maximum Gasteiger partial charge on any atom is 0.220 e. The zero-order chi connectivity index (χ0) is 14.4. The van der Waals surface area contributed by atoms with Gasteiger partial charge in [0.25, 0.3) is 0 Å². The highest BCUT2D eigenvalue weighted by atomic mass is 35.5. The molecular formula is C17H33ClN2O. The lowest BCUT2D eigenvalue weighted by Gasteiger charge is -2.28. The van der Waals surface area contributed by atoms with E-state index in [0.717, 1.165) is 13.0 Å². The molecule has 2 N–H and O–H groups in total. The van der Waals surface area contributed by atoms with Gasteiger partial charge in [0.2, 0.25) is 5.91 Å². The van der Waals surface area contributed by atoms with Gasteiger partial charge in [0.1, 0.15) is 0 Å². The van der Waals surface area contributed by atoms with Crippen molar-refractivity contribution in [3.63, 3.8) is 0 Å². The highest BCUT2D eigenvalue weighted by Gasteiger charge is 2.34. The van der Waals surface area contributed by atoms with E-state index < -0.39 is 0 Å². The number of carbonyl (C=O) groups excluding carboxylic acids is 1. The van der Waals surface area contributed by atoms with Crippen LogP contribution in [0, 0.1) is 11.8 Å². The van der Waals surface area contributed by atoms with Crippen LogP contribution in [0.2, 0.25) is 0 Å². The van der Waals surface area contributed by atoms with Gasteiger partial charge in [-0.1, -0.05) is 33.1 Å². The van der Waals surface area contributed by atoms with Gasteiger partial charge in [0, 0.05) is 25.0 Å². The van der Waals surface area contributed by atoms with Crippen LogP contribution in [0.15, 0.2) is 0 Å². The number of piperidine rings is 1. The molecule has 0 aromatic carbocycles. The molecule has 0 aliphatic carbocycles. The topological polar surface area (TPSA) is 41.1 Å². The molecule has 2 aliphatic rings. The van der Waals surface area contributed by atoms with E-state index in [1.807, 2.05) is 0 Å². The highest BCUT2D eigenvalue weighted by molar-refractivity contribution is 5.85. The van der Waals surface area contributed by atoms with Gasteiger partial charge in [-0.05, 0) is 43.9 Å². The third kappa shape index (κ3) is 6.15. The molecule has 2 bridgehead atoms. The van der Waals surface area contributed by atoms with Crippen molar-refractivity contribution in [2.45, 2.75) is 83.7 Å². The Morgan fingerprint density at radius 3 is 2.48 bits per heavy atom. The molecule has 3 atom stereocenters. The molecule has 3 unspecified atom stereocenters. The zero-order valence-electron chi connectivity index (χ0n) is 13.7. The minimum Gasteiger partial charge on any atom is -0.356 e. The van der Waals surface area contributed by atoms with Gasteiger partial charge < -0.3 is 10.6 Å². The Morgan fingerprint density at radius 1 is 1.24 bits per heavy atom. The number of hydrogen-bond acceptors (Lipinski definition) is 2. The van der Waals surface area contributed by atoms with Crippen molar-refractivity contribution < 1.29 is 4.79 Å². The lowest BCUT2D eigenvalue weighted by molar-refractivity contribution is -0.122. The molecule has 2 rings (SSSR count). The summed E-state index contributed by atoms with van der Waals surface area (Å²) in [6, 6.07) is 1.39. The normalized spacial score (nSPS) is 28.8. The first-order valence-corrected chi connectivity index (χ1v) is 8.74. The predicted molar refractivity (Wildman–Crippen MR) is 90.9 cm³/mol. The summed E-state index contributed by atoms with van der Waals surface area (Å²) in [4.78, 5) is 12.1. The van der Waals surface area contributed by atoms with Gasteiger partial charge in [0.05, 0.1) is 0 Å². The van der Waals surface area contributed by atoms with Crippen molar-refractivity contribution in [1.82, 2.24) is 10.6 Å². The van der Waals surface area contributed by atoms with E-state index in [4.69, 9.17) is 0 Å². The van der Waals surface area contributed by atoms with Crippen LogP contribution in [0.4, 0.5) is 0 Å². The van der Waals surface area contributed by atoms with Crippen molar-refractivity contribution >= 4 is 18.3 Å². The van der Waals surface area contributed by atoms with Crippen LogP contribution in [0.3, 0.4) is 0 Å². The Balaban J connectivity index is 0.00000220. The van der Waals surface area contributed by atoms with E-state index in [9.17, 15) is 4.79 Å². The fraction of sp³-hybridized carbons (Fsp3) is 0.941. The summed E-state index contributed by atoms with van der Waals surface area (Å²) in [5.41, 5.74) is 0. The maximum atomic E-state index is 12.1. The third-order valence-electron chi connectivity index (χ3n) is 5.18. The number of fused-ring (bicyclic) bond motifs is 2. The molecule has 21 heavy (non-hydrogen) atoms. The molecule has 0 aromatic heterocycles. The second-order valence-electron chi connectivity index (χ2n) is 6.90. The first-order valence-electron chi connectivity index (χ1n) is 8.74. The Bertz CT molecular complexity index is 299.